The van der Waals surface area contributed by atoms with E-state index in [1.807, 2.05) is 0 Å². The average molecular weight is 1150 g/mol. The maximum atomic E-state index is 2.62. The Bertz CT molecular complexity index is 4630. The standard InChI is InChI=1S/C86H68BN3/c1-85(2,3)69-39-41-74-75-42-40-70(86(4,5)6)54-81(75)90(80(74)53-69)73-55-82-84-83(56-73)89(72-49-67(61-33-21-11-22-34-61)46-68(50-72)62-35-23-12-24-36-62)79-44-38-64(58-27-15-8-16-28-58)52-77(79)87(84)76-51-63(57-25-13-7-14-26-57)37-43-78(76)88(82)71-47-65(59-29-17-9-18-30-59)45-66(48-71)60-31-19-10-20-32-60/h7-56H,1-6H3. The molecule has 1 aromatic heterocycles. The van der Waals surface area contributed by atoms with Gasteiger partial charge in [-0.1, -0.05) is 272 Å². The molecule has 3 nitrogen and oxygen atoms in total. The summed E-state index contributed by atoms with van der Waals surface area (Å²) in [7, 11) is 0. The number of hydrogen-bond donors (Lipinski definition) is 0. The fraction of sp³-hybridized carbons (Fsp3) is 0.0930. The van der Waals surface area contributed by atoms with Gasteiger partial charge in [0.1, 0.15) is 0 Å². The molecule has 3 heterocycles. The number of anilines is 6. The lowest BCUT2D eigenvalue weighted by molar-refractivity contribution is 0.591. The van der Waals surface area contributed by atoms with E-state index in [-0.39, 0.29) is 17.5 Å². The van der Waals surface area contributed by atoms with E-state index in [9.17, 15) is 0 Å². The minimum Gasteiger partial charge on any atom is -0.311 e. The first-order chi connectivity index (χ1) is 43.9. The molecular weight excluding hydrogens is 1090 g/mol. The summed E-state index contributed by atoms with van der Waals surface area (Å²) >= 11 is 0. The minimum absolute atomic E-state index is 0.0974. The second-order valence-corrected chi connectivity index (χ2v) is 26.6. The molecule has 4 heteroatoms. The van der Waals surface area contributed by atoms with Gasteiger partial charge in [0.05, 0.1) is 16.7 Å². The van der Waals surface area contributed by atoms with Gasteiger partial charge in [0, 0.05) is 44.9 Å². The maximum absolute atomic E-state index is 2.62. The van der Waals surface area contributed by atoms with Gasteiger partial charge in [-0.05, 0) is 178 Å². The van der Waals surface area contributed by atoms with Crippen LogP contribution in [0, 0.1) is 0 Å². The van der Waals surface area contributed by atoms with E-state index in [1.165, 1.54) is 71.6 Å². The van der Waals surface area contributed by atoms with Crippen molar-refractivity contribution in [1.82, 2.24) is 4.57 Å². The Labute approximate surface area is 529 Å². The summed E-state index contributed by atoms with van der Waals surface area (Å²) in [5.41, 5.74) is 30.3. The highest BCUT2D eigenvalue weighted by molar-refractivity contribution is 7.00. The van der Waals surface area contributed by atoms with Gasteiger partial charge in [-0.15, -0.1) is 0 Å². The molecule has 13 aromatic carbocycles. The van der Waals surface area contributed by atoms with Gasteiger partial charge in [-0.3, -0.25) is 0 Å². The molecule has 0 amide bonds. The normalized spacial score (nSPS) is 12.7. The Morgan fingerprint density at radius 1 is 0.244 bits per heavy atom. The fourth-order valence-corrected chi connectivity index (χ4v) is 14.2. The van der Waals surface area contributed by atoms with Crippen LogP contribution in [0.5, 0.6) is 0 Å². The molecule has 0 spiro atoms. The smallest absolute Gasteiger partial charge is 0.252 e. The van der Waals surface area contributed by atoms with E-state index >= 15 is 0 Å². The van der Waals surface area contributed by atoms with Gasteiger partial charge in [0.2, 0.25) is 0 Å². The van der Waals surface area contributed by atoms with E-state index < -0.39 is 0 Å². The Morgan fingerprint density at radius 3 is 0.867 bits per heavy atom. The molecular formula is C86H68BN3. The quantitative estimate of drug-likeness (QED) is 0.133. The van der Waals surface area contributed by atoms with E-state index in [0.29, 0.717) is 0 Å². The van der Waals surface area contributed by atoms with Crippen LogP contribution in [0.3, 0.4) is 0 Å². The predicted molar refractivity (Wildman–Crippen MR) is 385 cm³/mol. The number of hydrogen-bond acceptors (Lipinski definition) is 2. The maximum Gasteiger partial charge on any atom is 0.252 e. The summed E-state index contributed by atoms with van der Waals surface area (Å²) < 4.78 is 2.60. The van der Waals surface area contributed by atoms with Crippen LogP contribution in [-0.4, -0.2) is 11.3 Å². The second kappa shape index (κ2) is 21.6. The lowest BCUT2D eigenvalue weighted by Gasteiger charge is -2.45. The third-order valence-corrected chi connectivity index (χ3v) is 18.8. The second-order valence-electron chi connectivity index (χ2n) is 26.6. The SMILES string of the molecule is CC(C)(C)c1ccc2c3ccc(C(C)(C)C)cc3n(-c3cc4c5c(c3)N(c3cc(-c6ccccc6)cc(-c6ccccc6)c3)c3ccc(-c6ccccc6)cc3B5c3cc(-c5ccccc5)ccc3N4c3cc(-c4ccccc4)cc(-c4ccccc4)c3)c2c1. The van der Waals surface area contributed by atoms with Gasteiger partial charge >= 0.3 is 0 Å². The Morgan fingerprint density at radius 2 is 0.556 bits per heavy atom. The molecule has 0 atom stereocenters. The molecule has 0 bridgehead atoms. The van der Waals surface area contributed by atoms with E-state index in [1.54, 1.807) is 0 Å². The highest BCUT2D eigenvalue weighted by atomic mass is 15.2. The van der Waals surface area contributed by atoms with Crippen molar-refractivity contribution in [3.8, 4) is 72.4 Å². The van der Waals surface area contributed by atoms with Crippen LogP contribution >= 0.6 is 0 Å². The number of rotatable bonds is 9. The Hall–Kier alpha value is -10.7. The third kappa shape index (κ3) is 9.54. The molecule has 0 radical (unpaired) electrons. The van der Waals surface area contributed by atoms with Crippen molar-refractivity contribution in [2.24, 2.45) is 0 Å². The van der Waals surface area contributed by atoms with Gasteiger partial charge in [0.15, 0.2) is 0 Å². The topological polar surface area (TPSA) is 11.4 Å². The molecule has 14 aromatic rings. The zero-order valence-corrected chi connectivity index (χ0v) is 51.8. The molecule has 0 saturated heterocycles. The molecule has 2 aliphatic rings. The van der Waals surface area contributed by atoms with E-state index in [2.05, 4.69) is 359 Å². The van der Waals surface area contributed by atoms with Gasteiger partial charge in [-0.2, -0.15) is 0 Å². The van der Waals surface area contributed by atoms with E-state index in [4.69, 9.17) is 0 Å². The van der Waals surface area contributed by atoms with Crippen molar-refractivity contribution in [3.63, 3.8) is 0 Å². The van der Waals surface area contributed by atoms with Crippen LogP contribution < -0.4 is 26.2 Å². The molecule has 16 rings (SSSR count). The first-order valence-electron chi connectivity index (χ1n) is 31.7. The van der Waals surface area contributed by atoms with Crippen molar-refractivity contribution in [2.45, 2.75) is 52.4 Å². The highest BCUT2D eigenvalue weighted by Crippen LogP contribution is 2.50. The zero-order chi connectivity index (χ0) is 60.8. The number of nitrogens with zero attached hydrogens (tertiary/aromatic N) is 3. The lowest BCUT2D eigenvalue weighted by Crippen LogP contribution is -2.61. The first kappa shape index (κ1) is 54.7. The van der Waals surface area contributed by atoms with Crippen molar-refractivity contribution in [3.05, 3.63) is 314 Å². The summed E-state index contributed by atoms with van der Waals surface area (Å²) in [5, 5.41) is 2.47. The van der Waals surface area contributed by atoms with Crippen molar-refractivity contribution < 1.29 is 0 Å². The molecule has 0 aliphatic carbocycles. The molecule has 0 N–H and O–H groups in total. The largest absolute Gasteiger partial charge is 0.311 e. The zero-order valence-electron chi connectivity index (χ0n) is 51.8. The van der Waals surface area contributed by atoms with Crippen LogP contribution in [0.15, 0.2) is 303 Å². The molecule has 0 unspecified atom stereocenters. The molecule has 90 heavy (non-hydrogen) atoms. The number of benzene rings is 13. The highest BCUT2D eigenvalue weighted by Gasteiger charge is 2.45. The van der Waals surface area contributed by atoms with Crippen LogP contribution in [0.2, 0.25) is 0 Å². The monoisotopic (exact) mass is 1150 g/mol. The summed E-state index contributed by atoms with van der Waals surface area (Å²) in [6.45, 7) is 13.8. The van der Waals surface area contributed by atoms with Crippen molar-refractivity contribution >= 4 is 79.0 Å². The van der Waals surface area contributed by atoms with Crippen LogP contribution in [0.4, 0.5) is 34.1 Å². The van der Waals surface area contributed by atoms with Crippen LogP contribution in [0.1, 0.15) is 52.7 Å². The number of aromatic nitrogens is 1. The summed E-state index contributed by atoms with van der Waals surface area (Å²) in [5.74, 6) is 0. The van der Waals surface area contributed by atoms with Gasteiger partial charge in [-0.25, -0.2) is 0 Å². The minimum atomic E-state index is -0.191. The van der Waals surface area contributed by atoms with E-state index in [0.717, 1.165) is 84.3 Å². The summed E-state index contributed by atoms with van der Waals surface area (Å²) in [4.78, 5) is 5.24. The predicted octanol–water partition coefficient (Wildman–Crippen LogP) is 21.5. The Kier molecular flexibility index (Phi) is 13.1. The summed E-state index contributed by atoms with van der Waals surface area (Å²) in [6, 6.07) is 114. The number of fused-ring (bicyclic) bond motifs is 7. The molecule has 0 saturated carbocycles. The van der Waals surface area contributed by atoms with Crippen molar-refractivity contribution in [1.29, 1.82) is 0 Å². The average Bonchev–Trinajstić information content (AvgIpc) is 0.836. The van der Waals surface area contributed by atoms with Crippen LogP contribution in [-0.2, 0) is 10.8 Å². The Balaban J connectivity index is 1.09. The van der Waals surface area contributed by atoms with Crippen LogP contribution in [0.25, 0.3) is 94.3 Å². The fourth-order valence-electron chi connectivity index (χ4n) is 14.2. The van der Waals surface area contributed by atoms with Gasteiger partial charge < -0.3 is 14.4 Å². The molecule has 430 valence electrons. The lowest BCUT2D eigenvalue weighted by atomic mass is 9.33. The first-order valence-corrected chi connectivity index (χ1v) is 31.7. The molecule has 2 aliphatic heterocycles. The van der Waals surface area contributed by atoms with Gasteiger partial charge in [0.25, 0.3) is 6.71 Å². The van der Waals surface area contributed by atoms with Crippen molar-refractivity contribution in [2.75, 3.05) is 9.80 Å². The molecule has 0 fully saturated rings. The summed E-state index contributed by atoms with van der Waals surface area (Å²) in [6.07, 6.45) is 0. The third-order valence-electron chi connectivity index (χ3n) is 18.8.